The summed E-state index contributed by atoms with van der Waals surface area (Å²) >= 11 is 0. The summed E-state index contributed by atoms with van der Waals surface area (Å²) < 4.78 is 28.5. The maximum absolute atomic E-state index is 12.1. The highest BCUT2D eigenvalue weighted by atomic mass is 19.3. The van der Waals surface area contributed by atoms with Crippen LogP contribution in [0.5, 0.6) is 5.75 Å². The summed E-state index contributed by atoms with van der Waals surface area (Å²) in [7, 11) is 0. The van der Waals surface area contributed by atoms with Gasteiger partial charge in [-0.15, -0.1) is 0 Å². The van der Waals surface area contributed by atoms with Gasteiger partial charge in [-0.25, -0.2) is 0 Å². The highest BCUT2D eigenvalue weighted by Gasteiger charge is 2.13. The quantitative estimate of drug-likeness (QED) is 0.710. The lowest BCUT2D eigenvalue weighted by Crippen LogP contribution is -2.33. The number of halogens is 2. The first-order valence-electron chi connectivity index (χ1n) is 6.84. The second-order valence-corrected chi connectivity index (χ2v) is 4.63. The normalized spacial score (nSPS) is 14.3. The van der Waals surface area contributed by atoms with Gasteiger partial charge in [0, 0.05) is 44.3 Å². The Hall–Kier alpha value is -1.86. The molecular formula is C14H20F2N4O. The SMILES string of the molecule is NCCNCCN1C=CN(c2ccc(OC(F)F)cc2)C1. The van der Waals surface area contributed by atoms with E-state index in [2.05, 4.69) is 15.0 Å². The van der Waals surface area contributed by atoms with E-state index < -0.39 is 6.61 Å². The van der Waals surface area contributed by atoms with Crippen molar-refractivity contribution in [3.05, 3.63) is 36.7 Å². The first kappa shape index (κ1) is 15.5. The lowest BCUT2D eigenvalue weighted by Gasteiger charge is -2.21. The summed E-state index contributed by atoms with van der Waals surface area (Å²) in [6.07, 6.45) is 3.97. The second kappa shape index (κ2) is 7.80. The molecule has 0 amide bonds. The first-order valence-corrected chi connectivity index (χ1v) is 6.84. The van der Waals surface area contributed by atoms with Crippen molar-refractivity contribution in [1.82, 2.24) is 10.2 Å². The molecule has 0 radical (unpaired) electrons. The Morgan fingerprint density at radius 2 is 1.95 bits per heavy atom. The standard InChI is InChI=1S/C14H20F2N4O/c15-14(16)21-13-3-1-12(2-4-13)20-10-9-19(11-20)8-7-18-6-5-17/h1-4,9-10,14,18H,5-8,11,17H2. The minimum absolute atomic E-state index is 0.166. The number of hydrogen-bond acceptors (Lipinski definition) is 5. The van der Waals surface area contributed by atoms with E-state index in [1.54, 1.807) is 24.3 Å². The summed E-state index contributed by atoms with van der Waals surface area (Å²) in [5, 5.41) is 3.24. The predicted octanol–water partition coefficient (Wildman–Crippen LogP) is 1.39. The molecule has 1 aromatic carbocycles. The third-order valence-corrected chi connectivity index (χ3v) is 3.08. The van der Waals surface area contributed by atoms with Gasteiger partial charge >= 0.3 is 6.61 Å². The van der Waals surface area contributed by atoms with Crippen molar-refractivity contribution < 1.29 is 13.5 Å². The zero-order chi connectivity index (χ0) is 15.1. The average Bonchev–Trinajstić information content (AvgIpc) is 2.93. The number of ether oxygens (including phenoxy) is 1. The van der Waals surface area contributed by atoms with Crippen LogP contribution in [-0.2, 0) is 0 Å². The maximum Gasteiger partial charge on any atom is 0.387 e. The molecule has 0 saturated carbocycles. The van der Waals surface area contributed by atoms with Gasteiger partial charge in [0.2, 0.25) is 0 Å². The van der Waals surface area contributed by atoms with Crippen LogP contribution in [0.3, 0.4) is 0 Å². The van der Waals surface area contributed by atoms with Gasteiger partial charge in [0.1, 0.15) is 5.75 Å². The molecule has 0 saturated heterocycles. The van der Waals surface area contributed by atoms with Crippen molar-refractivity contribution >= 4 is 5.69 Å². The smallest absolute Gasteiger partial charge is 0.387 e. The molecule has 0 bridgehead atoms. The third kappa shape index (κ3) is 4.87. The summed E-state index contributed by atoms with van der Waals surface area (Å²) in [6.45, 7) is 1.15. The third-order valence-electron chi connectivity index (χ3n) is 3.08. The molecule has 0 spiro atoms. The molecule has 0 aromatic heterocycles. The Labute approximate surface area is 123 Å². The molecule has 21 heavy (non-hydrogen) atoms. The Kier molecular flexibility index (Phi) is 5.77. The fourth-order valence-electron chi connectivity index (χ4n) is 2.05. The van der Waals surface area contributed by atoms with Crippen LogP contribution in [0, 0.1) is 0 Å². The van der Waals surface area contributed by atoms with Crippen molar-refractivity contribution in [3.63, 3.8) is 0 Å². The molecule has 1 aliphatic heterocycles. The van der Waals surface area contributed by atoms with Crippen molar-refractivity contribution in [2.75, 3.05) is 37.7 Å². The monoisotopic (exact) mass is 298 g/mol. The molecule has 0 fully saturated rings. The number of hydrogen-bond donors (Lipinski definition) is 2. The van der Waals surface area contributed by atoms with E-state index in [1.165, 1.54) is 0 Å². The number of benzene rings is 1. The van der Waals surface area contributed by atoms with Gasteiger partial charge in [-0.3, -0.25) is 0 Å². The summed E-state index contributed by atoms with van der Waals surface area (Å²) in [5.74, 6) is 0.166. The largest absolute Gasteiger partial charge is 0.435 e. The van der Waals surface area contributed by atoms with Crippen molar-refractivity contribution in [1.29, 1.82) is 0 Å². The van der Waals surface area contributed by atoms with Crippen LogP contribution in [0.1, 0.15) is 0 Å². The minimum Gasteiger partial charge on any atom is -0.435 e. The van der Waals surface area contributed by atoms with Gasteiger partial charge in [-0.1, -0.05) is 0 Å². The molecule has 1 aromatic rings. The van der Waals surface area contributed by atoms with Crippen molar-refractivity contribution in [2.45, 2.75) is 6.61 Å². The topological polar surface area (TPSA) is 53.8 Å². The molecule has 116 valence electrons. The second-order valence-electron chi connectivity index (χ2n) is 4.63. The van der Waals surface area contributed by atoms with Crippen LogP contribution in [-0.4, -0.2) is 44.4 Å². The Balaban J connectivity index is 1.80. The minimum atomic E-state index is -2.79. The molecule has 5 nitrogen and oxygen atoms in total. The van der Waals surface area contributed by atoms with E-state index in [9.17, 15) is 8.78 Å². The molecule has 0 atom stereocenters. The van der Waals surface area contributed by atoms with E-state index in [1.807, 2.05) is 17.3 Å². The Morgan fingerprint density at radius 3 is 2.62 bits per heavy atom. The molecule has 1 aliphatic rings. The molecule has 0 aliphatic carbocycles. The summed E-state index contributed by atoms with van der Waals surface area (Å²) in [6, 6.07) is 6.61. The maximum atomic E-state index is 12.1. The molecule has 7 heteroatoms. The number of rotatable bonds is 8. The number of nitrogens with zero attached hydrogens (tertiary/aromatic N) is 2. The number of nitrogens with two attached hydrogens (primary N) is 1. The summed E-state index contributed by atoms with van der Waals surface area (Å²) in [4.78, 5) is 4.20. The number of alkyl halides is 2. The van der Waals surface area contributed by atoms with Gasteiger partial charge in [0.05, 0.1) is 6.67 Å². The van der Waals surface area contributed by atoms with Gasteiger partial charge in [-0.05, 0) is 24.3 Å². The molecule has 1 heterocycles. The fraction of sp³-hybridized carbons (Fsp3) is 0.429. The molecule has 2 rings (SSSR count). The van der Waals surface area contributed by atoms with Gasteiger partial charge < -0.3 is 25.6 Å². The zero-order valence-corrected chi connectivity index (χ0v) is 11.7. The van der Waals surface area contributed by atoms with Crippen LogP contribution < -0.4 is 20.7 Å². The van der Waals surface area contributed by atoms with E-state index in [4.69, 9.17) is 5.73 Å². The van der Waals surface area contributed by atoms with E-state index in [-0.39, 0.29) is 5.75 Å². The zero-order valence-electron chi connectivity index (χ0n) is 11.7. The highest BCUT2D eigenvalue weighted by Crippen LogP contribution is 2.23. The molecule has 3 N–H and O–H groups in total. The van der Waals surface area contributed by atoms with Gasteiger partial charge in [0.15, 0.2) is 0 Å². The highest BCUT2D eigenvalue weighted by molar-refractivity contribution is 5.52. The summed E-state index contributed by atoms with van der Waals surface area (Å²) in [5.41, 5.74) is 6.34. The Bertz CT molecular complexity index is 453. The number of anilines is 1. The van der Waals surface area contributed by atoms with Crippen molar-refractivity contribution in [3.8, 4) is 5.75 Å². The van der Waals surface area contributed by atoms with E-state index >= 15 is 0 Å². The predicted molar refractivity (Wildman–Crippen MR) is 78.2 cm³/mol. The van der Waals surface area contributed by atoms with Crippen LogP contribution in [0.15, 0.2) is 36.7 Å². The van der Waals surface area contributed by atoms with Crippen LogP contribution in [0.2, 0.25) is 0 Å². The van der Waals surface area contributed by atoms with Crippen LogP contribution >= 0.6 is 0 Å². The lowest BCUT2D eigenvalue weighted by molar-refractivity contribution is -0.0498. The average molecular weight is 298 g/mol. The number of nitrogens with one attached hydrogen (secondary N) is 1. The molecular weight excluding hydrogens is 278 g/mol. The first-order chi connectivity index (χ1) is 10.2. The lowest BCUT2D eigenvalue weighted by atomic mass is 10.3. The Morgan fingerprint density at radius 1 is 1.19 bits per heavy atom. The van der Waals surface area contributed by atoms with Gasteiger partial charge in [-0.2, -0.15) is 8.78 Å². The fourth-order valence-corrected chi connectivity index (χ4v) is 2.05. The van der Waals surface area contributed by atoms with E-state index in [0.717, 1.165) is 32.0 Å². The molecule has 0 unspecified atom stereocenters. The van der Waals surface area contributed by atoms with Gasteiger partial charge in [0.25, 0.3) is 0 Å². The van der Waals surface area contributed by atoms with Crippen LogP contribution in [0.25, 0.3) is 0 Å². The van der Waals surface area contributed by atoms with Crippen molar-refractivity contribution in [2.24, 2.45) is 5.73 Å². The van der Waals surface area contributed by atoms with Crippen LogP contribution in [0.4, 0.5) is 14.5 Å². The van der Waals surface area contributed by atoms with E-state index in [0.29, 0.717) is 6.54 Å².